The van der Waals surface area contributed by atoms with E-state index in [9.17, 15) is 9.59 Å². The molecule has 7 heteroatoms. The topological polar surface area (TPSA) is 60.3 Å². The number of anilines is 1. The number of ether oxygens (including phenoxy) is 1. The van der Waals surface area contributed by atoms with Crippen LogP contribution in [0.2, 0.25) is 0 Å². The lowest BCUT2D eigenvalue weighted by molar-refractivity contribution is -0.119. The van der Waals surface area contributed by atoms with E-state index in [0.29, 0.717) is 17.3 Å². The molecule has 0 spiro atoms. The Bertz CT molecular complexity index is 862. The third-order valence-corrected chi connectivity index (χ3v) is 5.65. The van der Waals surface area contributed by atoms with E-state index in [1.807, 2.05) is 39.0 Å². The molecule has 0 saturated heterocycles. The number of nitrogens with one attached hydrogen (secondary N) is 1. The van der Waals surface area contributed by atoms with E-state index in [0.717, 1.165) is 38.7 Å². The molecule has 1 aromatic carbocycles. The van der Waals surface area contributed by atoms with Crippen LogP contribution in [0, 0.1) is 20.8 Å². The molecular formula is C19H20Br2N2O3. The molecule has 5 nitrogen and oxygen atoms in total. The summed E-state index contributed by atoms with van der Waals surface area (Å²) in [4.78, 5) is 24.6. The van der Waals surface area contributed by atoms with Gasteiger partial charge in [0, 0.05) is 26.4 Å². The molecule has 2 aromatic rings. The Morgan fingerprint density at radius 3 is 2.35 bits per heavy atom. The Morgan fingerprint density at radius 1 is 1.15 bits per heavy atom. The van der Waals surface area contributed by atoms with Crippen LogP contribution in [0.15, 0.2) is 27.1 Å². The molecule has 0 unspecified atom stereocenters. The van der Waals surface area contributed by atoms with E-state index in [4.69, 9.17) is 4.74 Å². The minimum absolute atomic E-state index is 0.335. The first-order chi connectivity index (χ1) is 12.3. The first-order valence-corrected chi connectivity index (χ1v) is 9.97. The van der Waals surface area contributed by atoms with Crippen LogP contribution in [-0.4, -0.2) is 23.1 Å². The van der Waals surface area contributed by atoms with Crippen LogP contribution in [0.4, 0.5) is 5.69 Å². The lowest BCUT2D eigenvalue weighted by Crippen LogP contribution is -2.21. The summed E-state index contributed by atoms with van der Waals surface area (Å²) in [5, 5.41) is 2.76. The van der Waals surface area contributed by atoms with Gasteiger partial charge in [0.05, 0.1) is 11.3 Å². The maximum atomic E-state index is 12.4. The molecule has 1 amide bonds. The Kier molecular flexibility index (Phi) is 5.58. The normalized spacial score (nSPS) is 13.6. The predicted molar refractivity (Wildman–Crippen MR) is 108 cm³/mol. The van der Waals surface area contributed by atoms with Gasteiger partial charge >= 0.3 is 5.97 Å². The molecule has 26 heavy (non-hydrogen) atoms. The molecule has 1 heterocycles. The fourth-order valence-corrected chi connectivity index (χ4v) is 4.70. The Balaban J connectivity index is 1.63. The number of carbonyl (C=O) groups is 2. The largest absolute Gasteiger partial charge is 0.452 e. The van der Waals surface area contributed by atoms with Gasteiger partial charge in [0.2, 0.25) is 0 Å². The second kappa shape index (κ2) is 7.56. The lowest BCUT2D eigenvalue weighted by Gasteiger charge is -2.11. The molecule has 0 radical (unpaired) electrons. The number of benzene rings is 1. The van der Waals surface area contributed by atoms with Crippen molar-refractivity contribution in [3.8, 4) is 0 Å². The van der Waals surface area contributed by atoms with Crippen molar-refractivity contribution in [1.82, 2.24) is 4.57 Å². The SMILES string of the molecule is Cc1cc(Br)c(NC(=O)COC(=O)c2cc(C)n(C3CC3)c2C)c(Br)c1. The number of halogens is 2. The Hall–Kier alpha value is -1.60. The minimum atomic E-state index is -0.470. The summed E-state index contributed by atoms with van der Waals surface area (Å²) in [5.41, 5.74) is 4.15. The molecule has 138 valence electrons. The van der Waals surface area contributed by atoms with Gasteiger partial charge in [-0.1, -0.05) is 0 Å². The van der Waals surface area contributed by atoms with Crippen molar-refractivity contribution in [2.45, 2.75) is 39.7 Å². The zero-order valence-electron chi connectivity index (χ0n) is 14.9. The Morgan fingerprint density at radius 2 is 1.77 bits per heavy atom. The van der Waals surface area contributed by atoms with Crippen molar-refractivity contribution < 1.29 is 14.3 Å². The standard InChI is InChI=1S/C19H20Br2N2O3/c1-10-6-15(20)18(16(21)7-10)22-17(24)9-26-19(25)14-8-11(2)23(12(14)3)13-4-5-13/h6-8,13H,4-5,9H2,1-3H3,(H,22,24). The number of hydrogen-bond acceptors (Lipinski definition) is 3. The van der Waals surface area contributed by atoms with Crippen LogP contribution in [0.1, 0.15) is 46.2 Å². The number of aryl methyl sites for hydroxylation is 2. The summed E-state index contributed by atoms with van der Waals surface area (Å²) in [6.45, 7) is 5.53. The summed E-state index contributed by atoms with van der Waals surface area (Å²) in [5.74, 6) is -0.859. The summed E-state index contributed by atoms with van der Waals surface area (Å²) in [6, 6.07) is 6.13. The molecule has 0 bridgehead atoms. The van der Waals surface area contributed by atoms with Crippen molar-refractivity contribution >= 4 is 49.4 Å². The second-order valence-electron chi connectivity index (χ2n) is 6.61. The maximum absolute atomic E-state index is 12.4. The summed E-state index contributed by atoms with van der Waals surface area (Å²) < 4.78 is 8.92. The van der Waals surface area contributed by atoms with Gasteiger partial charge in [-0.25, -0.2) is 4.79 Å². The number of rotatable bonds is 5. The first kappa shape index (κ1) is 19.2. The van der Waals surface area contributed by atoms with Crippen LogP contribution >= 0.6 is 31.9 Å². The number of aromatic nitrogens is 1. The van der Waals surface area contributed by atoms with Crippen molar-refractivity contribution in [1.29, 1.82) is 0 Å². The predicted octanol–water partition coefficient (Wildman–Crippen LogP) is 5.07. The number of nitrogens with zero attached hydrogens (tertiary/aromatic N) is 1. The van der Waals surface area contributed by atoms with Crippen LogP contribution < -0.4 is 5.32 Å². The molecule has 3 rings (SSSR count). The van der Waals surface area contributed by atoms with Gasteiger partial charge in [-0.3, -0.25) is 4.79 Å². The molecule has 0 atom stereocenters. The third kappa shape index (κ3) is 4.04. The van der Waals surface area contributed by atoms with Gasteiger partial charge < -0.3 is 14.6 Å². The zero-order valence-corrected chi connectivity index (χ0v) is 18.0. The van der Waals surface area contributed by atoms with E-state index in [1.54, 1.807) is 0 Å². The van der Waals surface area contributed by atoms with Gasteiger partial charge in [-0.2, -0.15) is 0 Å². The highest BCUT2D eigenvalue weighted by molar-refractivity contribution is 9.11. The van der Waals surface area contributed by atoms with Gasteiger partial charge in [-0.05, 0) is 89.2 Å². The molecular weight excluding hydrogens is 464 g/mol. The molecule has 1 saturated carbocycles. The minimum Gasteiger partial charge on any atom is -0.452 e. The number of esters is 1. The second-order valence-corrected chi connectivity index (χ2v) is 8.32. The van der Waals surface area contributed by atoms with E-state index in [1.165, 1.54) is 0 Å². The number of hydrogen-bond donors (Lipinski definition) is 1. The van der Waals surface area contributed by atoms with Gasteiger partial charge in [0.1, 0.15) is 0 Å². The zero-order chi connectivity index (χ0) is 19.0. The average Bonchev–Trinajstić information content (AvgIpc) is 3.34. The van der Waals surface area contributed by atoms with Crippen molar-refractivity contribution in [3.63, 3.8) is 0 Å². The molecule has 1 aromatic heterocycles. The van der Waals surface area contributed by atoms with Gasteiger partial charge in [-0.15, -0.1) is 0 Å². The average molecular weight is 484 g/mol. The van der Waals surface area contributed by atoms with Gasteiger partial charge in [0.25, 0.3) is 5.91 Å². The highest BCUT2D eigenvalue weighted by Crippen LogP contribution is 2.38. The monoisotopic (exact) mass is 482 g/mol. The highest BCUT2D eigenvalue weighted by atomic mass is 79.9. The van der Waals surface area contributed by atoms with E-state index >= 15 is 0 Å². The third-order valence-electron chi connectivity index (χ3n) is 4.40. The molecule has 1 aliphatic carbocycles. The molecule has 1 fully saturated rings. The fourth-order valence-electron chi connectivity index (χ4n) is 3.08. The maximum Gasteiger partial charge on any atom is 0.340 e. The highest BCUT2D eigenvalue weighted by Gasteiger charge is 2.28. The summed E-state index contributed by atoms with van der Waals surface area (Å²) in [7, 11) is 0. The van der Waals surface area contributed by atoms with Crippen LogP contribution in [0.5, 0.6) is 0 Å². The summed E-state index contributed by atoms with van der Waals surface area (Å²) in [6.07, 6.45) is 2.29. The smallest absolute Gasteiger partial charge is 0.340 e. The van der Waals surface area contributed by atoms with E-state index < -0.39 is 5.97 Å². The van der Waals surface area contributed by atoms with Crippen LogP contribution in [0.3, 0.4) is 0 Å². The lowest BCUT2D eigenvalue weighted by atomic mass is 10.2. The van der Waals surface area contributed by atoms with Crippen molar-refractivity contribution in [3.05, 3.63) is 49.7 Å². The Labute approximate surface area is 169 Å². The quantitative estimate of drug-likeness (QED) is 0.604. The molecule has 1 aliphatic rings. The molecule has 1 N–H and O–H groups in total. The van der Waals surface area contributed by atoms with E-state index in [-0.39, 0.29) is 12.5 Å². The summed E-state index contributed by atoms with van der Waals surface area (Å²) >= 11 is 6.86. The van der Waals surface area contributed by atoms with Crippen LogP contribution in [-0.2, 0) is 9.53 Å². The first-order valence-electron chi connectivity index (χ1n) is 8.39. The molecule has 0 aliphatic heterocycles. The number of amides is 1. The number of carbonyl (C=O) groups excluding carboxylic acids is 2. The fraction of sp³-hybridized carbons (Fsp3) is 0.368. The van der Waals surface area contributed by atoms with Crippen molar-refractivity contribution in [2.24, 2.45) is 0 Å². The van der Waals surface area contributed by atoms with Crippen LogP contribution in [0.25, 0.3) is 0 Å². The van der Waals surface area contributed by atoms with Gasteiger partial charge in [0.15, 0.2) is 6.61 Å². The van der Waals surface area contributed by atoms with Crippen molar-refractivity contribution in [2.75, 3.05) is 11.9 Å². The van der Waals surface area contributed by atoms with E-state index in [2.05, 4.69) is 41.7 Å².